The fourth-order valence-electron chi connectivity index (χ4n) is 0.0456. The molecule has 6 heavy (non-hydrogen) atoms. The molecule has 0 aromatic rings. The van der Waals surface area contributed by atoms with Gasteiger partial charge in [-0.15, -0.1) is 0 Å². The van der Waals surface area contributed by atoms with Crippen LogP contribution in [-0.4, -0.2) is 15.8 Å². The zero-order valence-corrected chi connectivity index (χ0v) is 4.90. The molecule has 0 radical (unpaired) electrons. The van der Waals surface area contributed by atoms with Gasteiger partial charge in [-0.2, -0.15) is 0 Å². The summed E-state index contributed by atoms with van der Waals surface area (Å²) in [5.41, 5.74) is 1.81. The molecule has 0 rings (SSSR count). The lowest BCUT2D eigenvalue weighted by molar-refractivity contribution is 0.240. The molecule has 4 heteroatoms. The van der Waals surface area contributed by atoms with Gasteiger partial charge in [0.1, 0.15) is 0 Å². The summed E-state index contributed by atoms with van der Waals surface area (Å²) in [7, 11) is 0. The normalized spacial score (nSPS) is 7.67. The number of hydrogen-bond donors (Lipinski definition) is 2. The molecular weight excluding hydrogens is 118 g/mol. The van der Waals surface area contributed by atoms with E-state index in [1.807, 2.05) is 5.48 Å². The fraction of sp³-hybridized carbons (Fsp3) is 0.500. The number of nitrogens with one attached hydrogen (secondary N) is 1. The van der Waals surface area contributed by atoms with Gasteiger partial charge in [0.25, 0.3) is 0 Å². The Kier molecular flexibility index (Phi) is 3.51. The molecule has 0 saturated carbocycles. The number of hydrogen-bond acceptors (Lipinski definition) is 3. The summed E-state index contributed by atoms with van der Waals surface area (Å²) < 4.78 is 0.398. The van der Waals surface area contributed by atoms with Crippen molar-refractivity contribution in [2.24, 2.45) is 0 Å². The van der Waals surface area contributed by atoms with Crippen LogP contribution in [0.1, 0.15) is 0 Å². The molecule has 36 valence electrons. The minimum atomic E-state index is 0.398. The third-order valence-electron chi connectivity index (χ3n) is 0.277. The molecule has 0 aliphatic carbocycles. The smallest absolute Gasteiger partial charge is 0.157 e. The van der Waals surface area contributed by atoms with Gasteiger partial charge >= 0.3 is 0 Å². The van der Waals surface area contributed by atoms with Crippen LogP contribution in [0.5, 0.6) is 0 Å². The second-order valence-corrected chi connectivity index (χ2v) is 2.09. The molecule has 0 fully saturated rings. The van der Waals surface area contributed by atoms with Gasteiger partial charge in [-0.25, -0.2) is 0 Å². The van der Waals surface area contributed by atoms with Gasteiger partial charge in [-0.05, 0) is 6.26 Å². The van der Waals surface area contributed by atoms with E-state index in [0.717, 1.165) is 0 Å². The van der Waals surface area contributed by atoms with Crippen LogP contribution in [0.4, 0.5) is 0 Å². The van der Waals surface area contributed by atoms with Crippen molar-refractivity contribution < 1.29 is 5.21 Å². The molecule has 0 aliphatic rings. The third-order valence-corrected chi connectivity index (χ3v) is 1.33. The Bertz CT molecular complexity index is 49.5. The van der Waals surface area contributed by atoms with Crippen molar-refractivity contribution in [1.29, 1.82) is 0 Å². The van der Waals surface area contributed by atoms with Crippen molar-refractivity contribution >= 4 is 28.3 Å². The lowest BCUT2D eigenvalue weighted by atomic mass is 11.5. The maximum atomic E-state index is 7.92. The predicted octanol–water partition coefficient (Wildman–Crippen LogP) is 0.613. The lowest BCUT2D eigenvalue weighted by Crippen LogP contribution is -2.10. The first-order valence-corrected chi connectivity index (χ1v) is 2.92. The summed E-state index contributed by atoms with van der Waals surface area (Å²) in [6.45, 7) is 0. The second-order valence-electron chi connectivity index (χ2n) is 0.603. The Balaban J connectivity index is 2.99. The van der Waals surface area contributed by atoms with Crippen molar-refractivity contribution in [3.05, 3.63) is 0 Å². The first-order chi connectivity index (χ1) is 2.81. The number of hydroxylamine groups is 1. The van der Waals surface area contributed by atoms with Crippen molar-refractivity contribution in [3.63, 3.8) is 0 Å². The van der Waals surface area contributed by atoms with Gasteiger partial charge in [0.05, 0.1) is 0 Å². The minimum Gasteiger partial charge on any atom is -0.290 e. The Morgan fingerprint density at radius 3 is 2.50 bits per heavy atom. The maximum absolute atomic E-state index is 7.92. The first-order valence-electron chi connectivity index (χ1n) is 1.29. The largest absolute Gasteiger partial charge is 0.290 e. The highest BCUT2D eigenvalue weighted by Crippen LogP contribution is 1.89. The van der Waals surface area contributed by atoms with E-state index in [9.17, 15) is 0 Å². The monoisotopic (exact) mass is 123 g/mol. The molecule has 0 spiro atoms. The Morgan fingerprint density at radius 2 is 2.50 bits per heavy atom. The van der Waals surface area contributed by atoms with Gasteiger partial charge in [-0.3, -0.25) is 10.7 Å². The van der Waals surface area contributed by atoms with E-state index in [4.69, 9.17) is 5.21 Å². The number of thioether (sulfide) groups is 1. The summed E-state index contributed by atoms with van der Waals surface area (Å²) >= 11 is 5.75. The molecule has 0 heterocycles. The van der Waals surface area contributed by atoms with Crippen LogP contribution >= 0.6 is 24.0 Å². The van der Waals surface area contributed by atoms with Gasteiger partial charge in [0, 0.05) is 0 Å². The molecule has 0 atom stereocenters. The van der Waals surface area contributed by atoms with Crippen molar-refractivity contribution in [1.82, 2.24) is 5.48 Å². The van der Waals surface area contributed by atoms with E-state index in [1.165, 1.54) is 11.8 Å². The van der Waals surface area contributed by atoms with Crippen LogP contribution in [0.2, 0.25) is 0 Å². The molecule has 0 aromatic carbocycles. The van der Waals surface area contributed by atoms with Crippen LogP contribution < -0.4 is 5.48 Å². The van der Waals surface area contributed by atoms with E-state index < -0.39 is 0 Å². The molecule has 2 N–H and O–H groups in total. The van der Waals surface area contributed by atoms with Crippen LogP contribution in [0, 0.1) is 0 Å². The SMILES string of the molecule is CSC(=S)NO. The van der Waals surface area contributed by atoms with Crippen molar-refractivity contribution in [3.8, 4) is 0 Å². The number of thiocarbonyl (C=S) groups is 1. The van der Waals surface area contributed by atoms with E-state index in [1.54, 1.807) is 6.26 Å². The van der Waals surface area contributed by atoms with E-state index in [0.29, 0.717) is 4.32 Å². The van der Waals surface area contributed by atoms with Crippen molar-refractivity contribution in [2.45, 2.75) is 0 Å². The molecule has 0 aromatic heterocycles. The van der Waals surface area contributed by atoms with E-state index in [-0.39, 0.29) is 0 Å². The third kappa shape index (κ3) is 2.44. The Labute approximate surface area is 45.9 Å². The quantitative estimate of drug-likeness (QED) is 0.365. The molecule has 0 unspecified atom stereocenters. The average Bonchev–Trinajstić information content (AvgIpc) is 1.65. The van der Waals surface area contributed by atoms with Gasteiger partial charge in [0.15, 0.2) is 4.32 Å². The second kappa shape index (κ2) is 3.39. The standard InChI is InChI=1S/C2H5NOS2/c1-6-2(5)3-4/h4H,1H3,(H,3,5). The van der Waals surface area contributed by atoms with Crippen LogP contribution in [0.3, 0.4) is 0 Å². The molecular formula is C2H5NOS2. The Hall–Kier alpha value is 0.200. The summed E-state index contributed by atoms with van der Waals surface area (Å²) in [4.78, 5) is 0. The van der Waals surface area contributed by atoms with Crippen LogP contribution in [-0.2, 0) is 0 Å². The fourth-order valence-corrected chi connectivity index (χ4v) is 0.137. The predicted molar refractivity (Wildman–Crippen MR) is 31.0 cm³/mol. The van der Waals surface area contributed by atoms with Gasteiger partial charge in [-0.1, -0.05) is 24.0 Å². The molecule has 0 saturated heterocycles. The highest BCUT2D eigenvalue weighted by Gasteiger charge is 1.80. The summed E-state index contributed by atoms with van der Waals surface area (Å²) in [6.07, 6.45) is 1.78. The summed E-state index contributed by atoms with van der Waals surface area (Å²) in [5.74, 6) is 0. The molecule has 2 nitrogen and oxygen atoms in total. The summed E-state index contributed by atoms with van der Waals surface area (Å²) in [6, 6.07) is 0. The number of rotatable bonds is 0. The average molecular weight is 123 g/mol. The molecule has 0 aliphatic heterocycles. The molecule has 0 amide bonds. The minimum absolute atomic E-state index is 0.398. The highest BCUT2D eigenvalue weighted by atomic mass is 32.2. The first kappa shape index (κ1) is 6.20. The van der Waals surface area contributed by atoms with Crippen LogP contribution in [0.25, 0.3) is 0 Å². The maximum Gasteiger partial charge on any atom is 0.157 e. The topological polar surface area (TPSA) is 32.3 Å². The van der Waals surface area contributed by atoms with E-state index >= 15 is 0 Å². The lowest BCUT2D eigenvalue weighted by Gasteiger charge is -1.89. The summed E-state index contributed by atoms with van der Waals surface area (Å²) in [5, 5.41) is 7.92. The zero-order valence-electron chi connectivity index (χ0n) is 3.26. The van der Waals surface area contributed by atoms with Crippen molar-refractivity contribution in [2.75, 3.05) is 6.26 Å². The van der Waals surface area contributed by atoms with E-state index in [2.05, 4.69) is 12.2 Å². The highest BCUT2D eigenvalue weighted by molar-refractivity contribution is 8.22. The Morgan fingerprint density at radius 1 is 2.00 bits per heavy atom. The van der Waals surface area contributed by atoms with Gasteiger partial charge in [0.2, 0.25) is 0 Å². The van der Waals surface area contributed by atoms with Gasteiger partial charge < -0.3 is 0 Å². The van der Waals surface area contributed by atoms with Crippen LogP contribution in [0.15, 0.2) is 0 Å². The molecule has 0 bridgehead atoms. The zero-order chi connectivity index (χ0) is 4.99.